The van der Waals surface area contributed by atoms with Crippen LogP contribution in [-0.2, 0) is 16.0 Å². The van der Waals surface area contributed by atoms with Crippen molar-refractivity contribution in [2.24, 2.45) is 0 Å². The molecule has 7 heteroatoms. The SMILES string of the molecule is CC(C)(C)OC(=O)N1CCC2(CC1)CN(Cc1cccc(F)c1)C(=O)O2. The lowest BCUT2D eigenvalue weighted by Crippen LogP contribution is -2.49. The molecule has 0 unspecified atom stereocenters. The van der Waals surface area contributed by atoms with Gasteiger partial charge in [0.05, 0.1) is 6.54 Å². The maximum absolute atomic E-state index is 13.3. The van der Waals surface area contributed by atoms with Crippen LogP contribution in [0.4, 0.5) is 14.0 Å². The number of rotatable bonds is 2. The predicted molar refractivity (Wildman–Crippen MR) is 93.1 cm³/mol. The van der Waals surface area contributed by atoms with Gasteiger partial charge in [0.15, 0.2) is 0 Å². The third-order valence-electron chi connectivity index (χ3n) is 4.63. The van der Waals surface area contributed by atoms with E-state index < -0.39 is 11.2 Å². The highest BCUT2D eigenvalue weighted by Gasteiger charge is 2.47. The summed E-state index contributed by atoms with van der Waals surface area (Å²) >= 11 is 0. The van der Waals surface area contributed by atoms with Gasteiger partial charge in [0.1, 0.15) is 17.0 Å². The smallest absolute Gasteiger partial charge is 0.410 e. The average Bonchev–Trinajstić information content (AvgIpc) is 2.81. The van der Waals surface area contributed by atoms with Crippen LogP contribution in [0.1, 0.15) is 39.2 Å². The zero-order valence-electron chi connectivity index (χ0n) is 15.5. The fourth-order valence-electron chi connectivity index (χ4n) is 3.35. The number of benzene rings is 1. The number of halogens is 1. The Bertz CT molecular complexity index is 693. The van der Waals surface area contributed by atoms with Crippen LogP contribution in [0.2, 0.25) is 0 Å². The molecule has 0 saturated carbocycles. The summed E-state index contributed by atoms with van der Waals surface area (Å²) in [6.45, 7) is 7.22. The fraction of sp³-hybridized carbons (Fsp3) is 0.579. The number of likely N-dealkylation sites (tertiary alicyclic amines) is 1. The molecule has 1 aromatic carbocycles. The van der Waals surface area contributed by atoms with Gasteiger partial charge in [0.2, 0.25) is 0 Å². The number of carbonyl (C=O) groups is 2. The molecule has 3 rings (SSSR count). The molecule has 2 fully saturated rings. The van der Waals surface area contributed by atoms with Crippen LogP contribution in [0.5, 0.6) is 0 Å². The van der Waals surface area contributed by atoms with Crippen molar-refractivity contribution in [2.75, 3.05) is 19.6 Å². The lowest BCUT2D eigenvalue weighted by Gasteiger charge is -2.37. The highest BCUT2D eigenvalue weighted by molar-refractivity contribution is 5.71. The summed E-state index contributed by atoms with van der Waals surface area (Å²) in [5.41, 5.74) is -0.387. The molecule has 0 radical (unpaired) electrons. The Balaban J connectivity index is 1.58. The molecule has 6 nitrogen and oxygen atoms in total. The number of amides is 2. The number of piperidine rings is 1. The minimum atomic E-state index is -0.580. The van der Waals surface area contributed by atoms with Crippen molar-refractivity contribution < 1.29 is 23.5 Å². The van der Waals surface area contributed by atoms with E-state index in [1.54, 1.807) is 21.9 Å². The monoisotopic (exact) mass is 364 g/mol. The molecule has 0 atom stereocenters. The zero-order chi connectivity index (χ0) is 18.9. The van der Waals surface area contributed by atoms with Crippen LogP contribution < -0.4 is 0 Å². The van der Waals surface area contributed by atoms with E-state index in [4.69, 9.17) is 9.47 Å². The van der Waals surface area contributed by atoms with Crippen LogP contribution in [-0.4, -0.2) is 52.8 Å². The van der Waals surface area contributed by atoms with Crippen molar-refractivity contribution in [3.63, 3.8) is 0 Å². The molecule has 0 N–H and O–H groups in total. The van der Waals surface area contributed by atoms with E-state index in [2.05, 4.69) is 0 Å². The van der Waals surface area contributed by atoms with Crippen molar-refractivity contribution in [3.05, 3.63) is 35.6 Å². The minimum absolute atomic E-state index is 0.314. The normalized spacial score (nSPS) is 19.6. The van der Waals surface area contributed by atoms with E-state index in [0.29, 0.717) is 39.0 Å². The summed E-state index contributed by atoms with van der Waals surface area (Å²) in [4.78, 5) is 27.7. The van der Waals surface area contributed by atoms with Crippen LogP contribution in [0, 0.1) is 5.82 Å². The maximum atomic E-state index is 13.3. The Morgan fingerprint density at radius 1 is 1.31 bits per heavy atom. The zero-order valence-corrected chi connectivity index (χ0v) is 15.5. The standard InChI is InChI=1S/C19H25FN2O4/c1-18(2,3)25-16(23)21-9-7-19(8-10-21)13-22(17(24)26-19)12-14-5-4-6-15(20)11-14/h4-6,11H,7-10,12-13H2,1-3H3. The second-order valence-electron chi connectivity index (χ2n) is 8.00. The van der Waals surface area contributed by atoms with Crippen molar-refractivity contribution in [2.45, 2.75) is 51.4 Å². The van der Waals surface area contributed by atoms with Gasteiger partial charge in [-0.1, -0.05) is 12.1 Å². The lowest BCUT2D eigenvalue weighted by atomic mass is 9.91. The summed E-state index contributed by atoms with van der Waals surface area (Å²) in [5, 5.41) is 0. The molecule has 1 aromatic rings. The molecular formula is C19H25FN2O4. The molecule has 2 amide bonds. The first-order valence-electron chi connectivity index (χ1n) is 8.86. The van der Waals surface area contributed by atoms with Crippen LogP contribution in [0.15, 0.2) is 24.3 Å². The van der Waals surface area contributed by atoms with E-state index in [0.717, 1.165) is 5.56 Å². The highest BCUT2D eigenvalue weighted by Crippen LogP contribution is 2.34. The quantitative estimate of drug-likeness (QED) is 0.805. The maximum Gasteiger partial charge on any atom is 0.410 e. The van der Waals surface area contributed by atoms with E-state index in [9.17, 15) is 14.0 Å². The molecule has 142 valence electrons. The van der Waals surface area contributed by atoms with Gasteiger partial charge in [0, 0.05) is 32.5 Å². The Labute approximate surface area is 152 Å². The first kappa shape index (κ1) is 18.5. The van der Waals surface area contributed by atoms with Crippen molar-refractivity contribution in [1.82, 2.24) is 9.80 Å². The van der Waals surface area contributed by atoms with Gasteiger partial charge in [-0.05, 0) is 38.5 Å². The molecule has 2 aliphatic heterocycles. The summed E-state index contributed by atoms with van der Waals surface area (Å²) in [6, 6.07) is 6.21. The Hall–Kier alpha value is -2.31. The van der Waals surface area contributed by atoms with E-state index in [-0.39, 0.29) is 18.0 Å². The first-order valence-corrected chi connectivity index (χ1v) is 8.86. The van der Waals surface area contributed by atoms with Gasteiger partial charge >= 0.3 is 12.2 Å². The first-order chi connectivity index (χ1) is 12.2. The average molecular weight is 364 g/mol. The van der Waals surface area contributed by atoms with Crippen molar-refractivity contribution in [1.29, 1.82) is 0 Å². The topological polar surface area (TPSA) is 59.1 Å². The van der Waals surface area contributed by atoms with Gasteiger partial charge in [-0.3, -0.25) is 4.90 Å². The van der Waals surface area contributed by atoms with E-state index in [1.807, 2.05) is 20.8 Å². The Kier molecular flexibility index (Phi) is 4.82. The lowest BCUT2D eigenvalue weighted by molar-refractivity contribution is -0.0170. The number of hydrogen-bond acceptors (Lipinski definition) is 4. The molecule has 2 heterocycles. The molecule has 0 bridgehead atoms. The predicted octanol–water partition coefficient (Wildman–Crippen LogP) is 3.55. The van der Waals surface area contributed by atoms with Crippen molar-refractivity contribution >= 4 is 12.2 Å². The van der Waals surface area contributed by atoms with Crippen LogP contribution in [0.3, 0.4) is 0 Å². The third-order valence-corrected chi connectivity index (χ3v) is 4.63. The Morgan fingerprint density at radius 3 is 2.62 bits per heavy atom. The summed E-state index contributed by atoms with van der Waals surface area (Å²) in [7, 11) is 0. The summed E-state index contributed by atoms with van der Waals surface area (Å²) < 4.78 is 24.4. The molecule has 26 heavy (non-hydrogen) atoms. The fourth-order valence-corrected chi connectivity index (χ4v) is 3.35. The third kappa shape index (κ3) is 4.26. The van der Waals surface area contributed by atoms with Crippen LogP contribution in [0.25, 0.3) is 0 Å². The number of carbonyl (C=O) groups excluding carboxylic acids is 2. The van der Waals surface area contributed by atoms with E-state index >= 15 is 0 Å². The largest absolute Gasteiger partial charge is 0.444 e. The van der Waals surface area contributed by atoms with Gasteiger partial charge in [0.25, 0.3) is 0 Å². The number of ether oxygens (including phenoxy) is 2. The minimum Gasteiger partial charge on any atom is -0.444 e. The Morgan fingerprint density at radius 2 is 2.00 bits per heavy atom. The molecule has 0 aliphatic carbocycles. The molecule has 1 spiro atoms. The molecule has 2 saturated heterocycles. The molecular weight excluding hydrogens is 339 g/mol. The summed E-state index contributed by atoms with van der Waals surface area (Å²) in [6.07, 6.45) is 0.406. The van der Waals surface area contributed by atoms with Gasteiger partial charge in [-0.25, -0.2) is 14.0 Å². The highest BCUT2D eigenvalue weighted by atomic mass is 19.1. The van der Waals surface area contributed by atoms with Crippen LogP contribution >= 0.6 is 0 Å². The number of nitrogens with zero attached hydrogens (tertiary/aromatic N) is 2. The van der Waals surface area contributed by atoms with Gasteiger partial charge in [-0.2, -0.15) is 0 Å². The van der Waals surface area contributed by atoms with Gasteiger partial charge in [-0.15, -0.1) is 0 Å². The molecule has 2 aliphatic rings. The van der Waals surface area contributed by atoms with E-state index in [1.165, 1.54) is 12.1 Å². The summed E-state index contributed by atoms with van der Waals surface area (Å²) in [5.74, 6) is -0.324. The van der Waals surface area contributed by atoms with Gasteiger partial charge < -0.3 is 14.4 Å². The second kappa shape index (κ2) is 6.78. The number of hydrogen-bond donors (Lipinski definition) is 0. The second-order valence-corrected chi connectivity index (χ2v) is 8.00. The van der Waals surface area contributed by atoms with Crippen molar-refractivity contribution in [3.8, 4) is 0 Å². The molecule has 0 aromatic heterocycles.